The lowest BCUT2D eigenvalue weighted by molar-refractivity contribution is -0.143. The summed E-state index contributed by atoms with van der Waals surface area (Å²) in [7, 11) is 0. The number of rotatable bonds is 3. The van der Waals surface area contributed by atoms with E-state index in [1.165, 1.54) is 0 Å². The van der Waals surface area contributed by atoms with Gasteiger partial charge in [0, 0.05) is 18.8 Å². The van der Waals surface area contributed by atoms with Crippen LogP contribution in [0.1, 0.15) is 30.4 Å². The smallest absolute Gasteiger partial charge is 0.416 e. The third kappa shape index (κ3) is 4.72. The van der Waals surface area contributed by atoms with E-state index in [1.807, 2.05) is 0 Å². The van der Waals surface area contributed by atoms with Crippen LogP contribution in [0.15, 0.2) is 18.2 Å². The van der Waals surface area contributed by atoms with E-state index >= 15 is 0 Å². The van der Waals surface area contributed by atoms with Crippen molar-refractivity contribution in [3.05, 3.63) is 29.3 Å². The SMILES string of the molecule is O=C1CC(=O)CC(COc2cc(C(F)(F)F)cc(C(F)(F)F)c2)C1. The average molecular weight is 354 g/mol. The van der Waals surface area contributed by atoms with E-state index < -0.39 is 35.1 Å². The molecule has 0 radical (unpaired) electrons. The molecule has 1 aromatic carbocycles. The van der Waals surface area contributed by atoms with Gasteiger partial charge in [-0.2, -0.15) is 26.3 Å². The van der Waals surface area contributed by atoms with Crippen LogP contribution in [-0.4, -0.2) is 18.2 Å². The summed E-state index contributed by atoms with van der Waals surface area (Å²) in [5, 5.41) is 0. The van der Waals surface area contributed by atoms with E-state index in [1.54, 1.807) is 0 Å². The minimum Gasteiger partial charge on any atom is -0.493 e. The molecule has 0 spiro atoms. The van der Waals surface area contributed by atoms with Crippen molar-refractivity contribution in [3.63, 3.8) is 0 Å². The molecule has 9 heteroatoms. The number of alkyl halides is 6. The molecule has 0 aromatic heterocycles. The quantitative estimate of drug-likeness (QED) is 0.608. The molecule has 0 heterocycles. The second-order valence-electron chi connectivity index (χ2n) is 5.58. The zero-order valence-corrected chi connectivity index (χ0v) is 12.1. The fourth-order valence-electron chi connectivity index (χ4n) is 2.42. The molecule has 0 atom stereocenters. The summed E-state index contributed by atoms with van der Waals surface area (Å²) in [6, 6.07) is 0.921. The monoisotopic (exact) mass is 354 g/mol. The van der Waals surface area contributed by atoms with Gasteiger partial charge in [-0.3, -0.25) is 9.59 Å². The molecule has 2 rings (SSSR count). The van der Waals surface area contributed by atoms with Crippen molar-refractivity contribution in [2.75, 3.05) is 6.61 Å². The van der Waals surface area contributed by atoms with Gasteiger partial charge < -0.3 is 4.74 Å². The van der Waals surface area contributed by atoms with Gasteiger partial charge in [0.15, 0.2) is 0 Å². The number of hydrogen-bond acceptors (Lipinski definition) is 3. The number of Topliss-reactive ketones (excluding diaryl/α,β-unsaturated/α-hetero) is 2. The summed E-state index contributed by atoms with van der Waals surface area (Å²) in [6.07, 6.45) is -10.1. The minimum absolute atomic E-state index is 0.000516. The lowest BCUT2D eigenvalue weighted by atomic mass is 9.88. The minimum atomic E-state index is -4.96. The van der Waals surface area contributed by atoms with Gasteiger partial charge in [0.2, 0.25) is 0 Å². The summed E-state index contributed by atoms with van der Waals surface area (Å²) >= 11 is 0. The van der Waals surface area contributed by atoms with Gasteiger partial charge in [-0.05, 0) is 18.2 Å². The second kappa shape index (κ2) is 6.45. The summed E-state index contributed by atoms with van der Waals surface area (Å²) in [5.41, 5.74) is -2.97. The van der Waals surface area contributed by atoms with Crippen LogP contribution in [0.4, 0.5) is 26.3 Å². The molecule has 0 aliphatic heterocycles. The first-order chi connectivity index (χ1) is 10.9. The Morgan fingerprint density at radius 3 is 1.75 bits per heavy atom. The molecule has 24 heavy (non-hydrogen) atoms. The normalized spacial score (nSPS) is 17.2. The number of halogens is 6. The largest absolute Gasteiger partial charge is 0.493 e. The van der Waals surface area contributed by atoms with Crippen LogP contribution in [0.5, 0.6) is 5.75 Å². The predicted molar refractivity (Wildman–Crippen MR) is 69.3 cm³/mol. The Morgan fingerprint density at radius 1 is 0.875 bits per heavy atom. The number of benzene rings is 1. The number of ketones is 2. The van der Waals surface area contributed by atoms with Crippen molar-refractivity contribution >= 4 is 11.6 Å². The molecule has 0 saturated heterocycles. The van der Waals surface area contributed by atoms with Crippen molar-refractivity contribution in [2.45, 2.75) is 31.6 Å². The Labute approximate surface area is 132 Å². The summed E-state index contributed by atoms with van der Waals surface area (Å²) < 4.78 is 81.3. The van der Waals surface area contributed by atoms with Crippen LogP contribution >= 0.6 is 0 Å². The molecule has 0 N–H and O–H groups in total. The van der Waals surface area contributed by atoms with Crippen LogP contribution in [0.2, 0.25) is 0 Å². The fourth-order valence-corrected chi connectivity index (χ4v) is 2.42. The van der Waals surface area contributed by atoms with E-state index in [0.717, 1.165) is 0 Å². The van der Waals surface area contributed by atoms with E-state index in [0.29, 0.717) is 12.1 Å². The van der Waals surface area contributed by atoms with Crippen molar-refractivity contribution in [1.29, 1.82) is 0 Å². The molecule has 0 amide bonds. The lowest BCUT2D eigenvalue weighted by Gasteiger charge is -2.21. The van der Waals surface area contributed by atoms with Crippen LogP contribution in [0.25, 0.3) is 0 Å². The number of ether oxygens (including phenoxy) is 1. The Bertz CT molecular complexity index is 599. The average Bonchev–Trinajstić information content (AvgIpc) is 2.42. The highest BCUT2D eigenvalue weighted by atomic mass is 19.4. The highest BCUT2D eigenvalue weighted by molar-refractivity contribution is 6.01. The predicted octanol–water partition coefficient (Wildman–Crippen LogP) is 4.04. The molecular weight excluding hydrogens is 342 g/mol. The third-order valence-corrected chi connectivity index (χ3v) is 3.47. The van der Waals surface area contributed by atoms with E-state index in [2.05, 4.69) is 0 Å². The zero-order chi connectivity index (χ0) is 18.1. The number of carbonyl (C=O) groups is 2. The van der Waals surface area contributed by atoms with E-state index in [9.17, 15) is 35.9 Å². The lowest BCUT2D eigenvalue weighted by Crippen LogP contribution is -2.26. The van der Waals surface area contributed by atoms with Gasteiger partial charge in [-0.15, -0.1) is 0 Å². The van der Waals surface area contributed by atoms with Crippen molar-refractivity contribution in [2.24, 2.45) is 5.92 Å². The maximum Gasteiger partial charge on any atom is 0.416 e. The molecular formula is C15H12F6O3. The van der Waals surface area contributed by atoms with Gasteiger partial charge in [0.1, 0.15) is 17.3 Å². The second-order valence-corrected chi connectivity index (χ2v) is 5.58. The van der Waals surface area contributed by atoms with Gasteiger partial charge in [-0.1, -0.05) is 0 Å². The van der Waals surface area contributed by atoms with Crippen molar-refractivity contribution < 1.29 is 40.7 Å². The molecule has 1 fully saturated rings. The third-order valence-electron chi connectivity index (χ3n) is 3.47. The standard InChI is InChI=1S/C15H12F6O3/c16-14(17,18)9-3-10(15(19,20)21)5-13(4-9)24-7-8-1-11(22)6-12(23)2-8/h3-5,8H,1-2,6-7H2. The topological polar surface area (TPSA) is 43.4 Å². The maximum absolute atomic E-state index is 12.7. The Hall–Kier alpha value is -2.06. The van der Waals surface area contributed by atoms with Crippen LogP contribution in [0, 0.1) is 5.92 Å². The van der Waals surface area contributed by atoms with Crippen molar-refractivity contribution in [1.82, 2.24) is 0 Å². The molecule has 132 valence electrons. The first-order valence-electron chi connectivity index (χ1n) is 6.91. The first-order valence-corrected chi connectivity index (χ1v) is 6.91. The Morgan fingerprint density at radius 2 is 1.33 bits per heavy atom. The number of hydrogen-bond donors (Lipinski definition) is 0. The Kier molecular flexibility index (Phi) is 4.91. The summed E-state index contributed by atoms with van der Waals surface area (Å²) in [6.45, 7) is -0.309. The van der Waals surface area contributed by atoms with Crippen LogP contribution in [0.3, 0.4) is 0 Å². The molecule has 1 aliphatic carbocycles. The van der Waals surface area contributed by atoms with Gasteiger partial charge in [-0.25, -0.2) is 0 Å². The van der Waals surface area contributed by atoms with E-state index in [4.69, 9.17) is 4.74 Å². The molecule has 0 unspecified atom stereocenters. The van der Waals surface area contributed by atoms with Gasteiger partial charge in [0.25, 0.3) is 0 Å². The molecule has 0 bridgehead atoms. The maximum atomic E-state index is 12.7. The fraction of sp³-hybridized carbons (Fsp3) is 0.467. The summed E-state index contributed by atoms with van der Waals surface area (Å²) in [5.74, 6) is -1.80. The first kappa shape index (κ1) is 18.3. The van der Waals surface area contributed by atoms with Gasteiger partial charge in [0.05, 0.1) is 24.2 Å². The highest BCUT2D eigenvalue weighted by Crippen LogP contribution is 2.38. The zero-order valence-electron chi connectivity index (χ0n) is 12.1. The van der Waals surface area contributed by atoms with E-state index in [-0.39, 0.29) is 43.5 Å². The van der Waals surface area contributed by atoms with Crippen molar-refractivity contribution in [3.8, 4) is 5.75 Å². The molecule has 1 saturated carbocycles. The van der Waals surface area contributed by atoms with Crippen LogP contribution in [-0.2, 0) is 21.9 Å². The molecule has 3 nitrogen and oxygen atoms in total. The molecule has 1 aromatic rings. The Balaban J connectivity index is 2.20. The molecule has 1 aliphatic rings. The number of carbonyl (C=O) groups excluding carboxylic acids is 2. The van der Waals surface area contributed by atoms with Crippen LogP contribution < -0.4 is 4.74 Å². The van der Waals surface area contributed by atoms with Gasteiger partial charge >= 0.3 is 12.4 Å². The summed E-state index contributed by atoms with van der Waals surface area (Å²) in [4.78, 5) is 22.6. The highest BCUT2D eigenvalue weighted by Gasteiger charge is 2.37.